The summed E-state index contributed by atoms with van der Waals surface area (Å²) in [4.78, 5) is 40.9. The molecule has 5 fully saturated rings. The summed E-state index contributed by atoms with van der Waals surface area (Å²) in [7, 11) is 0. The number of unbranched alkanes of at least 4 members (excludes halogenated alkanes) is 1. The molecule has 3 saturated heterocycles. The number of fused-ring (bicyclic) bond motifs is 1. The van der Waals surface area contributed by atoms with Crippen LogP contribution in [0.5, 0.6) is 0 Å². The van der Waals surface area contributed by atoms with E-state index in [-0.39, 0.29) is 70.2 Å². The lowest BCUT2D eigenvalue weighted by atomic mass is 9.59. The van der Waals surface area contributed by atoms with Crippen LogP contribution in [0.2, 0.25) is 0 Å². The lowest BCUT2D eigenvalue weighted by Crippen LogP contribution is -2.74. The number of thiazole rings is 2. The summed E-state index contributed by atoms with van der Waals surface area (Å²) in [6, 6.07) is -2.03. The number of carbonyl (C=O) groups is 2. The fraction of sp³-hybridized carbons (Fsp3) is 0.783. The molecule has 20 N–H and O–H groups in total. The predicted molar refractivity (Wildman–Crippen MR) is 270 cm³/mol. The lowest BCUT2D eigenvalue weighted by molar-refractivity contribution is -0.235. The third-order valence-electron chi connectivity index (χ3n) is 15.2. The van der Waals surface area contributed by atoms with Crippen molar-refractivity contribution in [2.75, 3.05) is 52.4 Å². The van der Waals surface area contributed by atoms with Gasteiger partial charge in [0.25, 0.3) is 5.91 Å². The van der Waals surface area contributed by atoms with Gasteiger partial charge >= 0.3 is 0 Å². The average Bonchev–Trinajstić information content (AvgIpc) is 4.29. The van der Waals surface area contributed by atoms with Crippen molar-refractivity contribution in [2.45, 2.75) is 162 Å². The Labute approximate surface area is 441 Å². The van der Waals surface area contributed by atoms with E-state index in [0.717, 1.165) is 37.4 Å². The number of aliphatic hydroxyl groups is 6. The molecule has 27 nitrogen and oxygen atoms in total. The molecule has 8 rings (SSSR count). The van der Waals surface area contributed by atoms with Crippen molar-refractivity contribution in [3.05, 3.63) is 33.4 Å². The molecule has 3 aromatic rings. The predicted octanol–water partition coefficient (Wildman–Crippen LogP) is -5.33. The van der Waals surface area contributed by atoms with Gasteiger partial charge in [-0.1, -0.05) is 5.21 Å². The molecule has 18 atom stereocenters. The minimum Gasteiger partial charge on any atom is -0.390 e. The Morgan fingerprint density at radius 2 is 1.63 bits per heavy atom. The van der Waals surface area contributed by atoms with Gasteiger partial charge in [0.1, 0.15) is 53.0 Å². The van der Waals surface area contributed by atoms with E-state index >= 15 is 0 Å². The quantitative estimate of drug-likeness (QED) is 0.0238. The van der Waals surface area contributed by atoms with Gasteiger partial charge in [-0.05, 0) is 58.2 Å². The maximum Gasteiger partial charge on any atom is 0.270 e. The van der Waals surface area contributed by atoms with E-state index in [1.807, 2.05) is 5.38 Å². The smallest absolute Gasteiger partial charge is 0.270 e. The van der Waals surface area contributed by atoms with E-state index in [0.29, 0.717) is 48.1 Å². The number of hydrogen-bond acceptors (Lipinski definition) is 26. The number of nitrogens with one attached hydrogen (secondary N) is 4. The maximum atomic E-state index is 13.0. The molecule has 420 valence electrons. The summed E-state index contributed by atoms with van der Waals surface area (Å²) >= 11 is 2.79. The van der Waals surface area contributed by atoms with Crippen molar-refractivity contribution in [2.24, 2.45) is 40.0 Å². The van der Waals surface area contributed by atoms with Gasteiger partial charge in [0, 0.05) is 80.4 Å². The van der Waals surface area contributed by atoms with E-state index in [2.05, 4.69) is 41.7 Å². The van der Waals surface area contributed by atoms with Crippen LogP contribution in [0, 0.1) is 11.3 Å². The van der Waals surface area contributed by atoms with Gasteiger partial charge in [0.05, 0.1) is 71.9 Å². The van der Waals surface area contributed by atoms with E-state index in [1.54, 1.807) is 11.6 Å². The molecule has 5 aliphatic rings. The lowest BCUT2D eigenvalue weighted by Gasteiger charge is -2.53. The number of aliphatic hydroxyl groups excluding tert-OH is 6. The van der Waals surface area contributed by atoms with Crippen LogP contribution < -0.4 is 50.1 Å². The molecule has 29 heteroatoms. The van der Waals surface area contributed by atoms with E-state index in [1.165, 1.54) is 27.4 Å². The highest BCUT2D eigenvalue weighted by molar-refractivity contribution is 7.14. The molecule has 2 aliphatic carbocycles. The van der Waals surface area contributed by atoms with E-state index < -0.39 is 109 Å². The van der Waals surface area contributed by atoms with Crippen LogP contribution in [-0.4, -0.2) is 217 Å². The van der Waals surface area contributed by atoms with Gasteiger partial charge < -0.3 is 94.2 Å². The zero-order chi connectivity index (χ0) is 53.4. The molecular formula is C46H76N14O13S2. The number of hydrogen-bond donors (Lipinski definition) is 15. The van der Waals surface area contributed by atoms with Gasteiger partial charge in [0.15, 0.2) is 6.29 Å². The minimum atomic E-state index is -1.49. The molecule has 3 aliphatic heterocycles. The molecule has 3 aromatic heterocycles. The van der Waals surface area contributed by atoms with Crippen molar-refractivity contribution in [1.29, 1.82) is 0 Å². The Balaban J connectivity index is 0.836. The number of ether oxygens (including phenoxy) is 4. The number of nitrogens with zero attached hydrogens (tertiary/aromatic N) is 5. The Hall–Kier alpha value is -3.38. The Bertz CT molecular complexity index is 2290. The van der Waals surface area contributed by atoms with E-state index in [4.69, 9.17) is 52.5 Å². The summed E-state index contributed by atoms with van der Waals surface area (Å²) in [5, 5.41) is 88.3. The van der Waals surface area contributed by atoms with E-state index in [9.17, 15) is 40.2 Å². The van der Waals surface area contributed by atoms with Crippen LogP contribution in [0.15, 0.2) is 17.0 Å². The van der Waals surface area contributed by atoms with Gasteiger partial charge in [-0.25, -0.2) is 14.6 Å². The molecule has 0 spiro atoms. The summed E-state index contributed by atoms with van der Waals surface area (Å²) in [5.41, 5.74) is 33.7. The first-order valence-corrected chi connectivity index (χ1v) is 27.7. The number of amides is 2. The number of rotatable bonds is 28. The van der Waals surface area contributed by atoms with Crippen molar-refractivity contribution in [3.63, 3.8) is 0 Å². The van der Waals surface area contributed by atoms with Crippen molar-refractivity contribution in [3.8, 4) is 10.7 Å². The van der Waals surface area contributed by atoms with Crippen LogP contribution in [-0.2, 0) is 48.0 Å². The van der Waals surface area contributed by atoms with Gasteiger partial charge in [-0.15, -0.1) is 27.8 Å². The maximum absolute atomic E-state index is 13.0. The average molecular weight is 1100 g/mol. The summed E-state index contributed by atoms with van der Waals surface area (Å²) in [6.07, 6.45) is -8.09. The standard InChI is InChI=1S/C46H76N14O13S2/c47-9-1-2-10-52-11-3-12-54-43(68)26-19-75-44(56-26)27-20-74-33(55-27)8-13-53-32(61)7-4-22-16-60(59-57-22)17-30-40(73-58-31-18-69-42-38(66)41(67)46(31,42)21-49)37(65)45(71-30)72-39-23(24(50)14-25(51)34(39)62)5-6-28-35(63)36(64)29(15-48)70-28/h16,19-20,23-25,28-31,34-42,45,52,58,62-67H,1-15,17-18,21,47-51H2,(H,53,61)(H,54,68). The molecule has 0 aromatic carbocycles. The topological polar surface area (TPSA) is 436 Å². The second-order valence-electron chi connectivity index (χ2n) is 20.2. The zero-order valence-corrected chi connectivity index (χ0v) is 43.4. The minimum absolute atomic E-state index is 0.0139. The Kier molecular flexibility index (Phi) is 20.4. The third kappa shape index (κ3) is 13.2. The first-order valence-electron chi connectivity index (χ1n) is 25.9. The number of aryl methyl sites for hydroxylation is 1. The van der Waals surface area contributed by atoms with Crippen molar-refractivity contribution in [1.82, 2.24) is 46.4 Å². The second kappa shape index (κ2) is 26.5. The SMILES string of the molecule is NCCCCNCCCNC(=O)c1csc(-c2csc(CCNC(=O)CCc3cn(CC4OC(OC5C(O)C(N)CC(N)C5CCC5OC(CN)C(O)C5O)C(O)C4ONC4COC5C(O)C(O)C45CN)nn3)n2)n1. The number of aromatic nitrogens is 5. The van der Waals surface area contributed by atoms with Gasteiger partial charge in [0.2, 0.25) is 5.91 Å². The monoisotopic (exact) mass is 1100 g/mol. The van der Waals surface area contributed by atoms with Crippen LogP contribution in [0.1, 0.15) is 66.1 Å². The second-order valence-corrected chi connectivity index (χ2v) is 22.0. The molecule has 2 amide bonds. The highest BCUT2D eigenvalue weighted by Crippen LogP contribution is 2.50. The zero-order valence-electron chi connectivity index (χ0n) is 41.8. The highest BCUT2D eigenvalue weighted by atomic mass is 32.1. The fourth-order valence-corrected chi connectivity index (χ4v) is 12.4. The molecular weight excluding hydrogens is 1020 g/mol. The Morgan fingerprint density at radius 1 is 0.827 bits per heavy atom. The molecule has 2 saturated carbocycles. The summed E-state index contributed by atoms with van der Waals surface area (Å²) in [5.74, 6) is -0.990. The first kappa shape index (κ1) is 57.8. The van der Waals surface area contributed by atoms with Crippen LogP contribution in [0.3, 0.4) is 0 Å². The van der Waals surface area contributed by atoms with Gasteiger partial charge in [-0.3, -0.25) is 14.4 Å². The van der Waals surface area contributed by atoms with Gasteiger partial charge in [-0.2, -0.15) is 5.48 Å². The Morgan fingerprint density at radius 3 is 2.40 bits per heavy atom. The number of carbonyl (C=O) groups excluding carboxylic acids is 2. The number of nitrogens with two attached hydrogens (primary N) is 5. The number of hydroxylamine groups is 1. The van der Waals surface area contributed by atoms with Crippen LogP contribution in [0.4, 0.5) is 0 Å². The highest BCUT2D eigenvalue weighted by Gasteiger charge is 2.69. The molecule has 75 heavy (non-hydrogen) atoms. The molecule has 0 radical (unpaired) electrons. The molecule has 6 heterocycles. The summed E-state index contributed by atoms with van der Waals surface area (Å²) in [6.45, 7) is 3.27. The largest absolute Gasteiger partial charge is 0.390 e. The van der Waals surface area contributed by atoms with Crippen molar-refractivity contribution >= 4 is 34.5 Å². The van der Waals surface area contributed by atoms with Crippen LogP contribution >= 0.6 is 22.7 Å². The summed E-state index contributed by atoms with van der Waals surface area (Å²) < 4.78 is 25.8. The fourth-order valence-electron chi connectivity index (χ4n) is 10.8. The molecule has 0 bridgehead atoms. The van der Waals surface area contributed by atoms with Crippen molar-refractivity contribution < 1.29 is 64.0 Å². The first-order chi connectivity index (χ1) is 36.2. The normalized spacial score (nSPS) is 35.4. The van der Waals surface area contributed by atoms with Crippen LogP contribution in [0.25, 0.3) is 10.7 Å². The third-order valence-corrected chi connectivity index (χ3v) is 17.0. The molecule has 18 unspecified atom stereocenters.